The van der Waals surface area contributed by atoms with E-state index in [2.05, 4.69) is 5.32 Å². The van der Waals surface area contributed by atoms with Gasteiger partial charge in [0.25, 0.3) is 11.8 Å². The summed E-state index contributed by atoms with van der Waals surface area (Å²) in [6.07, 6.45) is 0.654. The van der Waals surface area contributed by atoms with Crippen LogP contribution in [0.5, 0.6) is 11.5 Å². The van der Waals surface area contributed by atoms with Crippen molar-refractivity contribution < 1.29 is 23.5 Å². The molecule has 0 unspecified atom stereocenters. The fraction of sp³-hybridized carbons (Fsp3) is 0.200. The first-order valence-electron chi connectivity index (χ1n) is 12.1. The molecule has 5 rings (SSSR count). The van der Waals surface area contributed by atoms with Gasteiger partial charge < -0.3 is 24.1 Å². The Balaban J connectivity index is 1.32. The third kappa shape index (κ3) is 5.21. The van der Waals surface area contributed by atoms with Crippen LogP contribution in [0.3, 0.4) is 0 Å². The fourth-order valence-electron chi connectivity index (χ4n) is 4.50. The molecule has 1 aromatic heterocycles. The average Bonchev–Trinajstić information content (AvgIpc) is 3.36. The first kappa shape index (κ1) is 24.2. The van der Waals surface area contributed by atoms with Crippen molar-refractivity contribution in [1.29, 1.82) is 0 Å². The van der Waals surface area contributed by atoms with E-state index in [0.717, 1.165) is 22.5 Å². The number of hydrogen-bond donors (Lipinski definition) is 1. The lowest BCUT2D eigenvalue weighted by atomic mass is 10.1. The van der Waals surface area contributed by atoms with E-state index in [4.69, 9.17) is 13.9 Å². The summed E-state index contributed by atoms with van der Waals surface area (Å²) < 4.78 is 16.7. The van der Waals surface area contributed by atoms with Crippen LogP contribution in [0.1, 0.15) is 37.6 Å². The zero-order valence-electron chi connectivity index (χ0n) is 21.0. The van der Waals surface area contributed by atoms with Gasteiger partial charge in [-0.3, -0.25) is 9.59 Å². The standard InChI is InChI=1S/C30H28N2O5/c1-19-6-4-8-21(12-19)30(34)32-11-10-27-23(18-32)16-28(37-27)20-7-5-9-24(13-20)31-29(33)22-14-25(35-2)17-26(15-22)36-3/h4-9,12-17H,10-11,18H2,1-3H3,(H,31,33). The summed E-state index contributed by atoms with van der Waals surface area (Å²) in [5, 5.41) is 2.93. The molecule has 0 bridgehead atoms. The summed E-state index contributed by atoms with van der Waals surface area (Å²) in [7, 11) is 3.08. The SMILES string of the molecule is COc1cc(OC)cc(C(=O)Nc2cccc(-c3cc4c(o3)CCN(C(=O)c3cccc(C)c3)C4)c2)c1. The van der Waals surface area contributed by atoms with Crippen LogP contribution in [-0.4, -0.2) is 37.5 Å². The molecule has 0 radical (unpaired) electrons. The van der Waals surface area contributed by atoms with Gasteiger partial charge in [0.1, 0.15) is 23.0 Å². The molecule has 0 spiro atoms. The molecule has 1 aliphatic heterocycles. The number of carbonyl (C=O) groups is 2. The third-order valence-corrected chi connectivity index (χ3v) is 6.44. The minimum atomic E-state index is -0.279. The topological polar surface area (TPSA) is 81.0 Å². The molecule has 0 atom stereocenters. The number of amides is 2. The molecular weight excluding hydrogens is 468 g/mol. The Morgan fingerprint density at radius 1 is 0.892 bits per heavy atom. The number of nitrogens with one attached hydrogen (secondary N) is 1. The molecule has 0 saturated carbocycles. The summed E-state index contributed by atoms with van der Waals surface area (Å²) in [5.74, 6) is 2.41. The number of nitrogens with zero attached hydrogens (tertiary/aromatic N) is 1. The van der Waals surface area contributed by atoms with Crippen LogP contribution in [0, 0.1) is 6.92 Å². The first-order chi connectivity index (χ1) is 17.9. The van der Waals surface area contributed by atoms with Gasteiger partial charge >= 0.3 is 0 Å². The second kappa shape index (κ2) is 10.2. The zero-order valence-corrected chi connectivity index (χ0v) is 21.0. The van der Waals surface area contributed by atoms with Crippen molar-refractivity contribution in [3.8, 4) is 22.8 Å². The van der Waals surface area contributed by atoms with Crippen molar-refractivity contribution in [1.82, 2.24) is 4.90 Å². The largest absolute Gasteiger partial charge is 0.497 e. The van der Waals surface area contributed by atoms with E-state index in [9.17, 15) is 9.59 Å². The Morgan fingerprint density at radius 2 is 1.65 bits per heavy atom. The van der Waals surface area contributed by atoms with Gasteiger partial charge in [-0.25, -0.2) is 0 Å². The number of aryl methyl sites for hydroxylation is 1. The zero-order chi connectivity index (χ0) is 25.9. The van der Waals surface area contributed by atoms with Crippen molar-refractivity contribution in [2.45, 2.75) is 19.9 Å². The maximum Gasteiger partial charge on any atom is 0.255 e. The van der Waals surface area contributed by atoms with Gasteiger partial charge in [-0.05, 0) is 49.4 Å². The lowest BCUT2D eigenvalue weighted by Gasteiger charge is -2.26. The van der Waals surface area contributed by atoms with Crippen molar-refractivity contribution in [3.63, 3.8) is 0 Å². The molecule has 2 heterocycles. The summed E-state index contributed by atoms with van der Waals surface area (Å²) in [6, 6.07) is 22.2. The number of rotatable bonds is 6. The monoisotopic (exact) mass is 496 g/mol. The quantitative estimate of drug-likeness (QED) is 0.369. The third-order valence-electron chi connectivity index (χ3n) is 6.44. The number of ether oxygens (including phenoxy) is 2. The van der Waals surface area contributed by atoms with Gasteiger partial charge in [0.15, 0.2) is 0 Å². The smallest absolute Gasteiger partial charge is 0.255 e. The molecule has 0 fully saturated rings. The Kier molecular flexibility index (Phi) is 6.68. The van der Waals surface area contributed by atoms with Gasteiger partial charge in [0.05, 0.1) is 14.2 Å². The van der Waals surface area contributed by atoms with Gasteiger partial charge in [-0.1, -0.05) is 29.8 Å². The van der Waals surface area contributed by atoms with E-state index < -0.39 is 0 Å². The Labute approximate surface area is 215 Å². The maximum atomic E-state index is 13.0. The number of anilines is 1. The summed E-state index contributed by atoms with van der Waals surface area (Å²) >= 11 is 0. The number of carbonyl (C=O) groups excluding carboxylic acids is 2. The van der Waals surface area contributed by atoms with Crippen LogP contribution in [0.15, 0.2) is 77.2 Å². The molecule has 1 N–H and O–H groups in total. The van der Waals surface area contributed by atoms with E-state index in [0.29, 0.717) is 53.6 Å². The number of methoxy groups -OCH3 is 2. The molecular formula is C30H28N2O5. The van der Waals surface area contributed by atoms with Crippen LogP contribution in [-0.2, 0) is 13.0 Å². The summed E-state index contributed by atoms with van der Waals surface area (Å²) in [5.41, 5.74) is 4.66. The van der Waals surface area contributed by atoms with Crippen molar-refractivity contribution in [3.05, 3.63) is 101 Å². The number of hydrogen-bond acceptors (Lipinski definition) is 5. The molecule has 2 amide bonds. The highest BCUT2D eigenvalue weighted by atomic mass is 16.5. The first-order valence-corrected chi connectivity index (χ1v) is 12.1. The van der Waals surface area contributed by atoms with Crippen LogP contribution in [0.25, 0.3) is 11.3 Å². The highest BCUT2D eigenvalue weighted by molar-refractivity contribution is 6.05. The van der Waals surface area contributed by atoms with Gasteiger partial charge in [-0.2, -0.15) is 0 Å². The Bertz CT molecular complexity index is 1450. The van der Waals surface area contributed by atoms with Crippen LogP contribution >= 0.6 is 0 Å². The summed E-state index contributed by atoms with van der Waals surface area (Å²) in [4.78, 5) is 27.8. The fourth-order valence-corrected chi connectivity index (χ4v) is 4.50. The number of fused-ring (bicyclic) bond motifs is 1. The minimum absolute atomic E-state index is 0.0241. The van der Waals surface area contributed by atoms with Gasteiger partial charge in [0.2, 0.25) is 0 Å². The van der Waals surface area contributed by atoms with E-state index in [1.54, 1.807) is 32.4 Å². The van der Waals surface area contributed by atoms with E-state index in [-0.39, 0.29) is 11.8 Å². The molecule has 188 valence electrons. The second-order valence-electron chi connectivity index (χ2n) is 9.04. The van der Waals surface area contributed by atoms with E-state index >= 15 is 0 Å². The second-order valence-corrected chi connectivity index (χ2v) is 9.04. The molecule has 7 nitrogen and oxygen atoms in total. The van der Waals surface area contributed by atoms with Crippen molar-refractivity contribution >= 4 is 17.5 Å². The normalized spacial score (nSPS) is 12.6. The molecule has 7 heteroatoms. The van der Waals surface area contributed by atoms with Crippen molar-refractivity contribution in [2.75, 3.05) is 26.1 Å². The highest BCUT2D eigenvalue weighted by Crippen LogP contribution is 2.32. The Hall–Kier alpha value is -4.52. The number of benzene rings is 3. The predicted octanol–water partition coefficient (Wildman–Crippen LogP) is 5.72. The van der Waals surface area contributed by atoms with Crippen LogP contribution in [0.4, 0.5) is 5.69 Å². The molecule has 1 aliphatic rings. The predicted molar refractivity (Wildman–Crippen MR) is 141 cm³/mol. The Morgan fingerprint density at radius 3 is 2.38 bits per heavy atom. The molecule has 37 heavy (non-hydrogen) atoms. The van der Waals surface area contributed by atoms with Crippen LogP contribution < -0.4 is 14.8 Å². The lowest BCUT2D eigenvalue weighted by molar-refractivity contribution is 0.0729. The van der Waals surface area contributed by atoms with Crippen molar-refractivity contribution in [2.24, 2.45) is 0 Å². The summed E-state index contributed by atoms with van der Waals surface area (Å²) in [6.45, 7) is 3.09. The van der Waals surface area contributed by atoms with E-state index in [1.165, 1.54) is 0 Å². The highest BCUT2D eigenvalue weighted by Gasteiger charge is 2.25. The maximum absolute atomic E-state index is 13.0. The lowest BCUT2D eigenvalue weighted by Crippen LogP contribution is -2.35. The van der Waals surface area contributed by atoms with Gasteiger partial charge in [0, 0.05) is 53.5 Å². The average molecular weight is 497 g/mol. The molecule has 4 aromatic rings. The van der Waals surface area contributed by atoms with Gasteiger partial charge in [-0.15, -0.1) is 0 Å². The number of furan rings is 1. The molecule has 0 saturated heterocycles. The molecule has 0 aliphatic carbocycles. The van der Waals surface area contributed by atoms with E-state index in [1.807, 2.05) is 66.4 Å². The van der Waals surface area contributed by atoms with Crippen LogP contribution in [0.2, 0.25) is 0 Å². The minimum Gasteiger partial charge on any atom is -0.497 e. The molecule has 3 aromatic carbocycles.